The standard InChI is InChI=1S/C18H21N5O2S/c1-13(18(24)22-9-3-2-4-10-22)25-12-14-7-8-16-19-20-17(23(16)21-14)15-6-5-11-26-15/h5-8,11,13H,2-4,9-10,12H2,1H3. The maximum Gasteiger partial charge on any atom is 0.251 e. The number of rotatable bonds is 5. The van der Waals surface area contributed by atoms with E-state index in [1.807, 2.05) is 41.5 Å². The average molecular weight is 371 g/mol. The highest BCUT2D eigenvalue weighted by atomic mass is 32.1. The Morgan fingerprint density at radius 2 is 2.08 bits per heavy atom. The van der Waals surface area contributed by atoms with Crippen LogP contribution in [0, 0.1) is 0 Å². The summed E-state index contributed by atoms with van der Waals surface area (Å²) in [5, 5.41) is 15.0. The van der Waals surface area contributed by atoms with E-state index in [4.69, 9.17) is 4.74 Å². The van der Waals surface area contributed by atoms with Gasteiger partial charge in [0.1, 0.15) is 6.10 Å². The number of amides is 1. The normalized spacial score (nSPS) is 16.1. The van der Waals surface area contributed by atoms with Gasteiger partial charge in [0.05, 0.1) is 17.2 Å². The molecule has 26 heavy (non-hydrogen) atoms. The smallest absolute Gasteiger partial charge is 0.251 e. The van der Waals surface area contributed by atoms with Crippen molar-refractivity contribution in [2.24, 2.45) is 0 Å². The van der Waals surface area contributed by atoms with E-state index in [0.29, 0.717) is 11.5 Å². The van der Waals surface area contributed by atoms with Crippen molar-refractivity contribution < 1.29 is 9.53 Å². The molecule has 1 atom stereocenters. The fourth-order valence-corrected chi connectivity index (χ4v) is 3.81. The van der Waals surface area contributed by atoms with Crippen molar-refractivity contribution in [1.29, 1.82) is 0 Å². The number of ether oxygens (including phenoxy) is 1. The van der Waals surface area contributed by atoms with Crippen molar-refractivity contribution in [3.8, 4) is 10.7 Å². The third-order valence-electron chi connectivity index (χ3n) is 4.56. The van der Waals surface area contributed by atoms with Gasteiger partial charge in [0, 0.05) is 13.1 Å². The number of carbonyl (C=O) groups excluding carboxylic acids is 1. The number of thiophene rings is 1. The van der Waals surface area contributed by atoms with Gasteiger partial charge in [-0.05, 0) is 49.8 Å². The Bertz CT molecular complexity index is 886. The molecule has 1 amide bonds. The molecule has 0 saturated carbocycles. The summed E-state index contributed by atoms with van der Waals surface area (Å²) in [7, 11) is 0. The van der Waals surface area contributed by atoms with E-state index in [1.165, 1.54) is 6.42 Å². The number of carbonyl (C=O) groups is 1. The van der Waals surface area contributed by atoms with Gasteiger partial charge < -0.3 is 9.64 Å². The van der Waals surface area contributed by atoms with Crippen LogP contribution in [-0.2, 0) is 16.1 Å². The predicted molar refractivity (Wildman–Crippen MR) is 98.8 cm³/mol. The summed E-state index contributed by atoms with van der Waals surface area (Å²) in [5.41, 5.74) is 1.43. The molecule has 0 bridgehead atoms. The van der Waals surface area contributed by atoms with Gasteiger partial charge in [0.15, 0.2) is 11.5 Å². The molecule has 0 radical (unpaired) electrons. The minimum absolute atomic E-state index is 0.0642. The molecule has 3 aromatic rings. The number of piperidine rings is 1. The van der Waals surface area contributed by atoms with Gasteiger partial charge in [-0.25, -0.2) is 0 Å². The first-order valence-corrected chi connectivity index (χ1v) is 9.76. The van der Waals surface area contributed by atoms with Crippen molar-refractivity contribution in [3.05, 3.63) is 35.3 Å². The summed E-state index contributed by atoms with van der Waals surface area (Å²) < 4.78 is 7.52. The van der Waals surface area contributed by atoms with Gasteiger partial charge in [0.25, 0.3) is 5.91 Å². The highest BCUT2D eigenvalue weighted by Crippen LogP contribution is 2.22. The van der Waals surface area contributed by atoms with E-state index in [1.54, 1.807) is 15.9 Å². The molecule has 0 N–H and O–H groups in total. The third kappa shape index (κ3) is 3.47. The van der Waals surface area contributed by atoms with Gasteiger partial charge >= 0.3 is 0 Å². The lowest BCUT2D eigenvalue weighted by Crippen LogP contribution is -2.42. The Labute approximate surface area is 155 Å². The lowest BCUT2D eigenvalue weighted by Gasteiger charge is -2.29. The van der Waals surface area contributed by atoms with Gasteiger partial charge in [-0.1, -0.05) is 6.07 Å². The zero-order valence-electron chi connectivity index (χ0n) is 14.7. The Morgan fingerprint density at radius 3 is 2.85 bits per heavy atom. The van der Waals surface area contributed by atoms with Crippen LogP contribution in [0.1, 0.15) is 31.9 Å². The molecule has 3 aromatic heterocycles. The lowest BCUT2D eigenvalue weighted by molar-refractivity contribution is -0.144. The largest absolute Gasteiger partial charge is 0.362 e. The van der Waals surface area contributed by atoms with Crippen LogP contribution in [0.25, 0.3) is 16.3 Å². The zero-order chi connectivity index (χ0) is 17.9. The first-order valence-electron chi connectivity index (χ1n) is 8.88. The van der Waals surface area contributed by atoms with Crippen LogP contribution in [-0.4, -0.2) is 49.8 Å². The van der Waals surface area contributed by atoms with Crippen LogP contribution in [0.5, 0.6) is 0 Å². The van der Waals surface area contributed by atoms with E-state index in [9.17, 15) is 4.79 Å². The Balaban J connectivity index is 1.45. The Kier molecular flexibility index (Phi) is 4.94. The molecule has 1 unspecified atom stereocenters. The lowest BCUT2D eigenvalue weighted by atomic mass is 10.1. The predicted octanol–water partition coefficient (Wildman–Crippen LogP) is 2.77. The number of aromatic nitrogens is 4. The summed E-state index contributed by atoms with van der Waals surface area (Å²) in [6, 6.07) is 7.69. The monoisotopic (exact) mass is 371 g/mol. The molecular weight excluding hydrogens is 350 g/mol. The molecule has 1 fully saturated rings. The summed E-state index contributed by atoms with van der Waals surface area (Å²) in [5.74, 6) is 0.781. The van der Waals surface area contributed by atoms with E-state index >= 15 is 0 Å². The fraction of sp³-hybridized carbons (Fsp3) is 0.444. The Hall–Kier alpha value is -2.32. The van der Waals surface area contributed by atoms with Crippen molar-refractivity contribution in [1.82, 2.24) is 24.7 Å². The SMILES string of the molecule is CC(OCc1ccc2nnc(-c3cccs3)n2n1)C(=O)N1CCCCC1. The molecule has 1 aliphatic rings. The second-order valence-corrected chi connectivity index (χ2v) is 7.38. The minimum Gasteiger partial charge on any atom is -0.362 e. The summed E-state index contributed by atoms with van der Waals surface area (Å²) in [6.45, 7) is 3.76. The van der Waals surface area contributed by atoms with Gasteiger partial charge in [-0.3, -0.25) is 4.79 Å². The maximum absolute atomic E-state index is 12.5. The molecule has 0 spiro atoms. The Morgan fingerprint density at radius 1 is 1.23 bits per heavy atom. The van der Waals surface area contributed by atoms with Crippen LogP contribution in [0.15, 0.2) is 29.6 Å². The number of hydrogen-bond donors (Lipinski definition) is 0. The van der Waals surface area contributed by atoms with Crippen LogP contribution >= 0.6 is 11.3 Å². The number of nitrogens with zero attached hydrogens (tertiary/aromatic N) is 5. The van der Waals surface area contributed by atoms with Gasteiger partial charge in [-0.2, -0.15) is 9.61 Å². The van der Waals surface area contributed by atoms with Crippen molar-refractivity contribution in [3.63, 3.8) is 0 Å². The zero-order valence-corrected chi connectivity index (χ0v) is 15.5. The number of fused-ring (bicyclic) bond motifs is 1. The number of likely N-dealkylation sites (tertiary alicyclic amines) is 1. The first kappa shape index (κ1) is 17.1. The van der Waals surface area contributed by atoms with E-state index in [0.717, 1.165) is 36.5 Å². The van der Waals surface area contributed by atoms with Gasteiger partial charge in [0.2, 0.25) is 0 Å². The molecule has 8 heteroatoms. The molecule has 0 aliphatic carbocycles. The average Bonchev–Trinajstić information content (AvgIpc) is 3.35. The topological polar surface area (TPSA) is 72.6 Å². The number of hydrogen-bond acceptors (Lipinski definition) is 6. The summed E-state index contributed by atoms with van der Waals surface area (Å²) >= 11 is 1.59. The first-order chi connectivity index (χ1) is 12.7. The van der Waals surface area contributed by atoms with Crippen molar-refractivity contribution in [2.75, 3.05) is 13.1 Å². The summed E-state index contributed by atoms with van der Waals surface area (Å²) in [6.07, 6.45) is 2.89. The highest BCUT2D eigenvalue weighted by molar-refractivity contribution is 7.13. The molecule has 1 saturated heterocycles. The van der Waals surface area contributed by atoms with E-state index < -0.39 is 6.10 Å². The van der Waals surface area contributed by atoms with Crippen LogP contribution in [0.2, 0.25) is 0 Å². The molecule has 1 aliphatic heterocycles. The minimum atomic E-state index is -0.469. The molecule has 4 heterocycles. The van der Waals surface area contributed by atoms with Crippen LogP contribution in [0.4, 0.5) is 0 Å². The summed E-state index contributed by atoms with van der Waals surface area (Å²) in [4.78, 5) is 15.4. The quantitative estimate of drug-likeness (QED) is 0.690. The molecule has 136 valence electrons. The molecular formula is C18H21N5O2S. The highest BCUT2D eigenvalue weighted by Gasteiger charge is 2.22. The van der Waals surface area contributed by atoms with Gasteiger partial charge in [-0.15, -0.1) is 21.5 Å². The van der Waals surface area contributed by atoms with Crippen molar-refractivity contribution >= 4 is 22.9 Å². The van der Waals surface area contributed by atoms with E-state index in [2.05, 4.69) is 15.3 Å². The molecule has 0 aromatic carbocycles. The maximum atomic E-state index is 12.5. The second kappa shape index (κ2) is 7.51. The molecule has 4 rings (SSSR count). The fourth-order valence-electron chi connectivity index (χ4n) is 3.12. The third-order valence-corrected chi connectivity index (χ3v) is 5.42. The van der Waals surface area contributed by atoms with Crippen molar-refractivity contribution in [2.45, 2.75) is 38.9 Å². The van der Waals surface area contributed by atoms with E-state index in [-0.39, 0.29) is 12.5 Å². The van der Waals surface area contributed by atoms with Crippen LogP contribution < -0.4 is 0 Å². The second-order valence-electron chi connectivity index (χ2n) is 6.43. The molecule has 7 nitrogen and oxygen atoms in total. The van der Waals surface area contributed by atoms with Crippen LogP contribution in [0.3, 0.4) is 0 Å².